The maximum absolute atomic E-state index is 14.2. The summed E-state index contributed by atoms with van der Waals surface area (Å²) >= 11 is 3.51. The van der Waals surface area contributed by atoms with Crippen molar-refractivity contribution in [1.29, 1.82) is 0 Å². The number of ether oxygens (including phenoxy) is 1. The fraction of sp³-hybridized carbons (Fsp3) is 0.296. The number of likely N-dealkylation sites (N-methyl/N-ethyl adjacent to an activating group) is 1. The number of allylic oxidation sites excluding steroid dienone is 1. The number of carbonyl (C=O) groups is 3. The van der Waals surface area contributed by atoms with Crippen LogP contribution in [0.2, 0.25) is 0 Å². The summed E-state index contributed by atoms with van der Waals surface area (Å²) in [6, 6.07) is 14.7. The second-order valence-corrected chi connectivity index (χ2v) is 10.9. The van der Waals surface area contributed by atoms with Crippen molar-refractivity contribution in [3.63, 3.8) is 0 Å². The van der Waals surface area contributed by atoms with Crippen molar-refractivity contribution in [2.24, 2.45) is 11.1 Å². The second kappa shape index (κ2) is 7.81. The van der Waals surface area contributed by atoms with Gasteiger partial charge in [-0.2, -0.15) is 0 Å². The lowest BCUT2D eigenvalue weighted by atomic mass is 9.60. The Bertz CT molecular complexity index is 1380. The minimum atomic E-state index is -1.67. The van der Waals surface area contributed by atoms with E-state index in [2.05, 4.69) is 15.9 Å². The van der Waals surface area contributed by atoms with Crippen LogP contribution in [0.4, 0.5) is 11.4 Å². The van der Waals surface area contributed by atoms with E-state index in [0.717, 1.165) is 4.47 Å². The van der Waals surface area contributed by atoms with Crippen LogP contribution in [0, 0.1) is 5.41 Å². The summed E-state index contributed by atoms with van der Waals surface area (Å²) in [6.07, 6.45) is 0.740. The van der Waals surface area contributed by atoms with Gasteiger partial charge in [-0.05, 0) is 36.1 Å². The Morgan fingerprint density at radius 2 is 1.80 bits per heavy atom. The summed E-state index contributed by atoms with van der Waals surface area (Å²) in [6.45, 7) is 4.04. The fourth-order valence-corrected chi connectivity index (χ4v) is 6.18. The van der Waals surface area contributed by atoms with Crippen molar-refractivity contribution in [2.75, 3.05) is 24.0 Å². The van der Waals surface area contributed by atoms with Crippen LogP contribution in [-0.4, -0.2) is 31.8 Å². The molecule has 2 aromatic carbocycles. The number of para-hydroxylation sites is 1. The number of amides is 1. The van der Waals surface area contributed by atoms with Gasteiger partial charge in [-0.25, -0.2) is 4.79 Å². The van der Waals surface area contributed by atoms with Crippen LogP contribution in [0.3, 0.4) is 0 Å². The van der Waals surface area contributed by atoms with Crippen molar-refractivity contribution >= 4 is 45.0 Å². The van der Waals surface area contributed by atoms with Gasteiger partial charge < -0.3 is 15.4 Å². The van der Waals surface area contributed by atoms with E-state index in [1.165, 1.54) is 12.0 Å². The first-order valence-electron chi connectivity index (χ1n) is 11.3. The SMILES string of the molecule is COC(=O)C1=C(N)N(c2cccc(Br)c2)C2=C(C(=O)CC(C)(C)C2)C12C(=O)N(C)c1ccccc12. The molecule has 0 aromatic heterocycles. The molecule has 1 aliphatic carbocycles. The molecule has 2 aliphatic heterocycles. The van der Waals surface area contributed by atoms with E-state index in [1.807, 2.05) is 50.2 Å². The van der Waals surface area contributed by atoms with Gasteiger partial charge in [0.05, 0.1) is 7.11 Å². The van der Waals surface area contributed by atoms with E-state index in [0.29, 0.717) is 34.6 Å². The zero-order valence-corrected chi connectivity index (χ0v) is 21.6. The lowest BCUT2D eigenvalue weighted by Gasteiger charge is -2.47. The highest BCUT2D eigenvalue weighted by atomic mass is 79.9. The molecule has 2 N–H and O–H groups in total. The van der Waals surface area contributed by atoms with Gasteiger partial charge in [0.15, 0.2) is 5.78 Å². The number of Topliss-reactive ketones (excluding diaryl/α,β-unsaturated/α-hetero) is 1. The third-order valence-electron chi connectivity index (χ3n) is 7.12. The Labute approximate surface area is 212 Å². The Balaban J connectivity index is 1.95. The zero-order valence-electron chi connectivity index (χ0n) is 20.0. The van der Waals surface area contributed by atoms with E-state index in [-0.39, 0.29) is 29.0 Å². The van der Waals surface area contributed by atoms with Gasteiger partial charge in [-0.15, -0.1) is 0 Å². The van der Waals surface area contributed by atoms with E-state index >= 15 is 0 Å². The normalized spacial score (nSPS) is 23.1. The molecular weight excluding hydrogens is 510 g/mol. The molecule has 0 radical (unpaired) electrons. The molecule has 0 bridgehead atoms. The van der Waals surface area contributed by atoms with Gasteiger partial charge in [-0.1, -0.05) is 54.0 Å². The molecule has 5 rings (SSSR count). The third-order valence-corrected chi connectivity index (χ3v) is 7.61. The summed E-state index contributed by atoms with van der Waals surface area (Å²) in [5.74, 6) is -1.23. The third kappa shape index (κ3) is 3.12. The molecule has 0 saturated heterocycles. The standard InChI is InChI=1S/C27H26BrN3O4/c1-26(2)13-19-21(20(32)14-26)27(17-10-5-6-11-18(17)30(3)25(27)34)22(24(33)35-4)23(29)31(19)16-9-7-8-15(28)12-16/h5-12H,13-14,29H2,1-4H3. The molecule has 2 heterocycles. The average Bonchev–Trinajstić information content (AvgIpc) is 3.01. The van der Waals surface area contributed by atoms with Crippen molar-refractivity contribution in [3.05, 3.63) is 81.2 Å². The molecule has 35 heavy (non-hydrogen) atoms. The highest BCUT2D eigenvalue weighted by molar-refractivity contribution is 9.10. The molecule has 1 atom stereocenters. The summed E-state index contributed by atoms with van der Waals surface area (Å²) in [5, 5.41) is 0. The van der Waals surface area contributed by atoms with Crippen molar-refractivity contribution in [1.82, 2.24) is 0 Å². The molecule has 3 aliphatic rings. The lowest BCUT2D eigenvalue weighted by molar-refractivity contribution is -0.138. The number of fused-ring (bicyclic) bond motifs is 3. The number of rotatable bonds is 2. The minimum Gasteiger partial charge on any atom is -0.466 e. The molecule has 2 aromatic rings. The predicted octanol–water partition coefficient (Wildman–Crippen LogP) is 4.17. The van der Waals surface area contributed by atoms with Crippen molar-refractivity contribution < 1.29 is 19.1 Å². The number of hydrogen-bond donors (Lipinski definition) is 1. The first-order chi connectivity index (χ1) is 16.5. The maximum Gasteiger partial charge on any atom is 0.339 e. The Morgan fingerprint density at radius 1 is 1.09 bits per heavy atom. The molecule has 8 heteroatoms. The van der Waals surface area contributed by atoms with E-state index in [9.17, 15) is 14.4 Å². The minimum absolute atomic E-state index is 0.0337. The number of nitrogens with zero attached hydrogens (tertiary/aromatic N) is 2. The highest BCUT2D eigenvalue weighted by Crippen LogP contribution is 2.58. The average molecular weight is 536 g/mol. The number of anilines is 2. The Hall–Kier alpha value is -3.39. The fourth-order valence-electron chi connectivity index (χ4n) is 5.79. The molecule has 7 nitrogen and oxygen atoms in total. The van der Waals surface area contributed by atoms with Crippen LogP contribution in [0.5, 0.6) is 0 Å². The number of carbonyl (C=O) groups excluding carboxylic acids is 3. The van der Waals surface area contributed by atoms with Gasteiger partial charge in [-0.3, -0.25) is 14.5 Å². The Morgan fingerprint density at radius 3 is 2.49 bits per heavy atom. The van der Waals surface area contributed by atoms with Crippen LogP contribution < -0.4 is 15.5 Å². The van der Waals surface area contributed by atoms with Crippen LogP contribution in [0.1, 0.15) is 32.3 Å². The van der Waals surface area contributed by atoms with Crippen molar-refractivity contribution in [2.45, 2.75) is 32.1 Å². The molecule has 1 unspecified atom stereocenters. The summed E-state index contributed by atoms with van der Waals surface area (Å²) in [7, 11) is 2.91. The first-order valence-corrected chi connectivity index (χ1v) is 12.1. The van der Waals surface area contributed by atoms with Crippen molar-refractivity contribution in [3.8, 4) is 0 Å². The first kappa shape index (κ1) is 23.4. The summed E-state index contributed by atoms with van der Waals surface area (Å²) in [5.41, 5.74) is 7.55. The molecule has 0 saturated carbocycles. The summed E-state index contributed by atoms with van der Waals surface area (Å²) in [4.78, 5) is 44.9. The molecule has 1 spiro atoms. The molecule has 0 fully saturated rings. The molecule has 180 valence electrons. The van der Waals surface area contributed by atoms with E-state index in [1.54, 1.807) is 24.1 Å². The molecule has 1 amide bonds. The number of ketones is 1. The number of methoxy groups -OCH3 is 1. The smallest absolute Gasteiger partial charge is 0.339 e. The number of nitrogens with two attached hydrogens (primary N) is 1. The Kier molecular flexibility index (Phi) is 5.21. The number of esters is 1. The topological polar surface area (TPSA) is 92.9 Å². The van der Waals surface area contributed by atoms with Gasteiger partial charge in [0.2, 0.25) is 5.91 Å². The van der Waals surface area contributed by atoms with Crippen LogP contribution >= 0.6 is 15.9 Å². The van der Waals surface area contributed by atoms with Crippen LogP contribution in [0.25, 0.3) is 0 Å². The number of halogens is 1. The van der Waals surface area contributed by atoms with Crippen LogP contribution in [-0.2, 0) is 24.5 Å². The predicted molar refractivity (Wildman–Crippen MR) is 136 cm³/mol. The molecular formula is C27H26BrN3O4. The largest absolute Gasteiger partial charge is 0.466 e. The number of hydrogen-bond acceptors (Lipinski definition) is 6. The van der Waals surface area contributed by atoms with E-state index < -0.39 is 17.3 Å². The van der Waals surface area contributed by atoms with E-state index in [4.69, 9.17) is 10.5 Å². The second-order valence-electron chi connectivity index (χ2n) is 9.96. The quantitative estimate of drug-likeness (QED) is 0.580. The maximum atomic E-state index is 14.2. The lowest BCUT2D eigenvalue weighted by Crippen LogP contribution is -2.55. The summed E-state index contributed by atoms with van der Waals surface area (Å²) < 4.78 is 6.01. The highest BCUT2D eigenvalue weighted by Gasteiger charge is 2.64. The zero-order chi connectivity index (χ0) is 25.3. The van der Waals surface area contributed by atoms with Gasteiger partial charge in [0, 0.05) is 46.1 Å². The van der Waals surface area contributed by atoms with Gasteiger partial charge in [0.1, 0.15) is 16.8 Å². The van der Waals surface area contributed by atoms with Gasteiger partial charge in [0.25, 0.3) is 0 Å². The van der Waals surface area contributed by atoms with Gasteiger partial charge >= 0.3 is 5.97 Å². The monoisotopic (exact) mass is 535 g/mol. The van der Waals surface area contributed by atoms with Crippen LogP contribution in [0.15, 0.2) is 75.7 Å². The number of benzene rings is 2.